The zero-order valence-electron chi connectivity index (χ0n) is 18.9. The predicted octanol–water partition coefficient (Wildman–Crippen LogP) is 3.92. The number of rotatable bonds is 9. The Morgan fingerprint density at radius 3 is 2.06 bits per heavy atom. The number of amides is 2. The fraction of sp³-hybridized carbons (Fsp3) is 0.423. The van der Waals surface area contributed by atoms with Crippen molar-refractivity contribution in [2.75, 3.05) is 6.61 Å². The summed E-state index contributed by atoms with van der Waals surface area (Å²) in [5.41, 5.74) is 4.49. The highest BCUT2D eigenvalue weighted by Gasteiger charge is 2.39. The summed E-state index contributed by atoms with van der Waals surface area (Å²) in [7, 11) is 0. The summed E-state index contributed by atoms with van der Waals surface area (Å²) in [6, 6.07) is 14.4. The fourth-order valence-electron chi connectivity index (χ4n) is 4.55. The summed E-state index contributed by atoms with van der Waals surface area (Å²) >= 11 is 0. The summed E-state index contributed by atoms with van der Waals surface area (Å²) < 4.78 is 5.57. The van der Waals surface area contributed by atoms with Crippen molar-refractivity contribution in [3.05, 3.63) is 59.7 Å². The second-order valence-corrected chi connectivity index (χ2v) is 9.31. The Hall–Kier alpha value is -3.35. The molecule has 0 radical (unpaired) electrons. The van der Waals surface area contributed by atoms with Crippen LogP contribution < -0.4 is 10.6 Å². The fourth-order valence-corrected chi connectivity index (χ4v) is 4.55. The van der Waals surface area contributed by atoms with E-state index in [4.69, 9.17) is 4.74 Å². The van der Waals surface area contributed by atoms with Gasteiger partial charge in [0.2, 0.25) is 5.91 Å². The predicted molar refractivity (Wildman–Crippen MR) is 124 cm³/mol. The molecule has 7 heteroatoms. The molecule has 2 aliphatic rings. The lowest BCUT2D eigenvalue weighted by molar-refractivity contribution is -0.142. The second-order valence-electron chi connectivity index (χ2n) is 9.31. The molecule has 174 valence electrons. The van der Waals surface area contributed by atoms with Crippen molar-refractivity contribution in [2.45, 2.75) is 51.1 Å². The van der Waals surface area contributed by atoms with Crippen molar-refractivity contribution < 1.29 is 24.2 Å². The molecule has 4 rings (SSSR count). The Labute approximate surface area is 193 Å². The van der Waals surface area contributed by atoms with Crippen LogP contribution in [0.15, 0.2) is 48.5 Å². The second kappa shape index (κ2) is 9.65. The lowest BCUT2D eigenvalue weighted by atomic mass is 9.98. The number of benzene rings is 2. The first-order valence-corrected chi connectivity index (χ1v) is 11.5. The quantitative estimate of drug-likeness (QED) is 0.537. The minimum atomic E-state index is -1.05. The standard InChI is InChI=1S/C26H30N2O5/c1-15(2)13-22(24(29)28-23(25(30)31)16-11-12-16)27-26(32)33-14-21-19-9-5-3-7-17(19)18-8-4-6-10-20(18)21/h3-10,15-16,21-23H,11-14H2,1-2H3,(H,27,32)(H,28,29)(H,30,31). The molecule has 0 saturated heterocycles. The zero-order valence-corrected chi connectivity index (χ0v) is 18.9. The molecule has 2 amide bonds. The summed E-state index contributed by atoms with van der Waals surface area (Å²) in [5, 5.41) is 14.7. The minimum Gasteiger partial charge on any atom is -0.480 e. The van der Waals surface area contributed by atoms with Gasteiger partial charge in [-0.05, 0) is 53.4 Å². The number of carbonyl (C=O) groups excluding carboxylic acids is 2. The molecule has 2 aromatic rings. The van der Waals surface area contributed by atoms with E-state index in [-0.39, 0.29) is 24.4 Å². The van der Waals surface area contributed by atoms with E-state index in [1.54, 1.807) is 0 Å². The van der Waals surface area contributed by atoms with Crippen molar-refractivity contribution >= 4 is 18.0 Å². The molecule has 0 aromatic heterocycles. The van der Waals surface area contributed by atoms with Crippen LogP contribution >= 0.6 is 0 Å². The van der Waals surface area contributed by atoms with Gasteiger partial charge >= 0.3 is 12.1 Å². The third-order valence-corrected chi connectivity index (χ3v) is 6.32. The highest BCUT2D eigenvalue weighted by atomic mass is 16.5. The van der Waals surface area contributed by atoms with Crippen molar-refractivity contribution in [2.24, 2.45) is 11.8 Å². The Kier molecular flexibility index (Phi) is 6.67. The molecule has 1 fully saturated rings. The molecule has 7 nitrogen and oxygen atoms in total. The van der Waals surface area contributed by atoms with Crippen LogP contribution in [0.5, 0.6) is 0 Å². The molecular formula is C26H30N2O5. The van der Waals surface area contributed by atoms with Gasteiger partial charge in [-0.15, -0.1) is 0 Å². The number of carboxylic acids is 1. The number of nitrogens with one attached hydrogen (secondary N) is 2. The maximum absolute atomic E-state index is 12.8. The first-order valence-electron chi connectivity index (χ1n) is 11.5. The number of aliphatic carboxylic acids is 1. The van der Waals surface area contributed by atoms with Gasteiger partial charge in [0.1, 0.15) is 18.7 Å². The first kappa shape index (κ1) is 22.8. The summed E-state index contributed by atoms with van der Waals surface area (Å²) in [6.07, 6.45) is 1.26. The van der Waals surface area contributed by atoms with Crippen molar-refractivity contribution in [1.29, 1.82) is 0 Å². The largest absolute Gasteiger partial charge is 0.480 e. The summed E-state index contributed by atoms with van der Waals surface area (Å²) in [6.45, 7) is 4.03. The number of alkyl carbamates (subject to hydrolysis) is 1. The number of carboxylic acid groups (broad SMARTS) is 1. The molecule has 33 heavy (non-hydrogen) atoms. The third-order valence-electron chi connectivity index (χ3n) is 6.32. The van der Waals surface area contributed by atoms with E-state index in [0.29, 0.717) is 6.42 Å². The molecule has 0 bridgehead atoms. The van der Waals surface area contributed by atoms with Crippen molar-refractivity contribution in [3.63, 3.8) is 0 Å². The van der Waals surface area contributed by atoms with Crippen LogP contribution in [0.25, 0.3) is 11.1 Å². The summed E-state index contributed by atoms with van der Waals surface area (Å²) in [5.74, 6) is -1.53. The van der Waals surface area contributed by atoms with Gasteiger partial charge in [0.25, 0.3) is 0 Å². The Bertz CT molecular complexity index is 1000. The highest BCUT2D eigenvalue weighted by molar-refractivity contribution is 5.89. The van der Waals surface area contributed by atoms with Crippen LogP contribution in [0.2, 0.25) is 0 Å². The molecule has 2 aromatic carbocycles. The normalized spacial score (nSPS) is 16.5. The Morgan fingerprint density at radius 1 is 0.970 bits per heavy atom. The van der Waals surface area contributed by atoms with Crippen LogP contribution in [0.1, 0.15) is 50.2 Å². The van der Waals surface area contributed by atoms with E-state index in [0.717, 1.165) is 35.1 Å². The Morgan fingerprint density at radius 2 is 1.55 bits per heavy atom. The van der Waals surface area contributed by atoms with E-state index >= 15 is 0 Å². The van der Waals surface area contributed by atoms with Gasteiger partial charge in [0.15, 0.2) is 0 Å². The lowest BCUT2D eigenvalue weighted by Crippen LogP contribution is -2.52. The molecule has 3 N–H and O–H groups in total. The summed E-state index contributed by atoms with van der Waals surface area (Å²) in [4.78, 5) is 37.0. The van der Waals surface area contributed by atoms with Crippen LogP contribution in [-0.2, 0) is 14.3 Å². The smallest absolute Gasteiger partial charge is 0.407 e. The minimum absolute atomic E-state index is 0.0411. The average molecular weight is 451 g/mol. The molecular weight excluding hydrogens is 420 g/mol. The highest BCUT2D eigenvalue weighted by Crippen LogP contribution is 2.44. The molecule has 2 aliphatic carbocycles. The molecule has 0 spiro atoms. The SMILES string of the molecule is CC(C)CC(NC(=O)OCC1c2ccccc2-c2ccccc21)C(=O)NC(C(=O)O)C1CC1. The number of carbonyl (C=O) groups is 3. The van der Waals surface area contributed by atoms with Crippen LogP contribution in [0.4, 0.5) is 4.79 Å². The number of hydrogen-bond donors (Lipinski definition) is 3. The van der Waals surface area contributed by atoms with Crippen molar-refractivity contribution in [3.8, 4) is 11.1 Å². The maximum Gasteiger partial charge on any atom is 0.407 e. The zero-order chi connectivity index (χ0) is 23.5. The van der Waals surface area contributed by atoms with E-state index < -0.39 is 30.1 Å². The third kappa shape index (κ3) is 5.18. The van der Waals surface area contributed by atoms with E-state index in [9.17, 15) is 19.5 Å². The van der Waals surface area contributed by atoms with Crippen LogP contribution in [0, 0.1) is 11.8 Å². The monoisotopic (exact) mass is 450 g/mol. The maximum atomic E-state index is 12.8. The van der Waals surface area contributed by atoms with Gasteiger partial charge in [-0.25, -0.2) is 9.59 Å². The van der Waals surface area contributed by atoms with Gasteiger partial charge in [0.05, 0.1) is 0 Å². The molecule has 1 saturated carbocycles. The van der Waals surface area contributed by atoms with Gasteiger partial charge in [-0.3, -0.25) is 4.79 Å². The van der Waals surface area contributed by atoms with Gasteiger partial charge < -0.3 is 20.5 Å². The lowest BCUT2D eigenvalue weighted by Gasteiger charge is -2.23. The van der Waals surface area contributed by atoms with E-state index in [1.165, 1.54) is 0 Å². The van der Waals surface area contributed by atoms with Crippen LogP contribution in [0.3, 0.4) is 0 Å². The average Bonchev–Trinajstić information content (AvgIpc) is 3.57. The number of fused-ring (bicyclic) bond motifs is 3. The van der Waals surface area contributed by atoms with Crippen LogP contribution in [-0.4, -0.2) is 41.8 Å². The van der Waals surface area contributed by atoms with E-state index in [2.05, 4.69) is 22.8 Å². The van der Waals surface area contributed by atoms with Gasteiger partial charge in [0, 0.05) is 5.92 Å². The molecule has 2 atom stereocenters. The number of ether oxygens (including phenoxy) is 1. The van der Waals surface area contributed by atoms with E-state index in [1.807, 2.05) is 50.2 Å². The van der Waals surface area contributed by atoms with Gasteiger partial charge in [-0.2, -0.15) is 0 Å². The van der Waals surface area contributed by atoms with Gasteiger partial charge in [-0.1, -0.05) is 62.4 Å². The van der Waals surface area contributed by atoms with Crippen molar-refractivity contribution in [1.82, 2.24) is 10.6 Å². The topological polar surface area (TPSA) is 105 Å². The molecule has 2 unspecified atom stereocenters. The first-order chi connectivity index (χ1) is 15.8. The number of hydrogen-bond acceptors (Lipinski definition) is 4. The molecule has 0 heterocycles. The Balaban J connectivity index is 1.41. The molecule has 0 aliphatic heterocycles.